The fraction of sp³-hybridized carbons (Fsp3) is 1.00. The molecular weight excluding hydrogens is 244 g/mol. The molecule has 1 rings (SSSR count). The van der Waals surface area contributed by atoms with E-state index in [0.717, 1.165) is 37.6 Å². The molecule has 0 bridgehead atoms. The monoisotopic (exact) mass is 274 g/mol. The van der Waals surface area contributed by atoms with Crippen LogP contribution >= 0.6 is 0 Å². The molecule has 0 aliphatic carbocycles. The second kappa shape index (κ2) is 6.03. The van der Waals surface area contributed by atoms with E-state index in [2.05, 4.69) is 41.5 Å². The number of hydrogen-bond acceptors (Lipinski definition) is 3. The molecule has 4 heteroatoms. The zero-order valence-electron chi connectivity index (χ0n) is 13.0. The van der Waals surface area contributed by atoms with Gasteiger partial charge in [0.25, 0.3) is 0 Å². The summed E-state index contributed by atoms with van der Waals surface area (Å²) < 4.78 is 11.6. The molecule has 0 saturated carbocycles. The predicted octanol–water partition coefficient (Wildman–Crippen LogP) is 4.29. The van der Waals surface area contributed by atoms with Gasteiger partial charge in [-0.25, -0.2) is 4.89 Å². The molecule has 1 saturated heterocycles. The van der Waals surface area contributed by atoms with Gasteiger partial charge >= 0.3 is 0 Å². The van der Waals surface area contributed by atoms with Crippen LogP contribution in [0, 0.1) is 0 Å². The maximum absolute atomic E-state index is 5.94. The minimum Gasteiger partial charge on any atom is -0.375 e. The summed E-state index contributed by atoms with van der Waals surface area (Å²) in [6, 6.07) is 3.34. The lowest BCUT2D eigenvalue weighted by molar-refractivity contribution is -0.310. The van der Waals surface area contributed by atoms with Crippen LogP contribution in [0.3, 0.4) is 0 Å². The van der Waals surface area contributed by atoms with Gasteiger partial charge in [0.1, 0.15) is 0 Å². The molecule has 108 valence electrons. The SMILES string of the molecule is CC[Si](CC)(CC)OOC(C)(C)CC1(C)CCO1. The van der Waals surface area contributed by atoms with Gasteiger partial charge in [0.15, 0.2) is 0 Å². The van der Waals surface area contributed by atoms with Crippen molar-refractivity contribution in [2.45, 2.75) is 83.7 Å². The first-order valence-electron chi connectivity index (χ1n) is 7.31. The van der Waals surface area contributed by atoms with Crippen LogP contribution in [0.25, 0.3) is 0 Å². The molecule has 1 heterocycles. The lowest BCUT2D eigenvalue weighted by atomic mass is 9.85. The normalized spacial score (nSPS) is 25.0. The van der Waals surface area contributed by atoms with Crippen molar-refractivity contribution in [3.8, 4) is 0 Å². The highest BCUT2D eigenvalue weighted by atomic mass is 28.4. The third-order valence-corrected chi connectivity index (χ3v) is 8.56. The summed E-state index contributed by atoms with van der Waals surface area (Å²) in [7, 11) is -1.66. The Bertz CT molecular complexity index is 250. The van der Waals surface area contributed by atoms with Crippen molar-refractivity contribution in [2.75, 3.05) is 6.61 Å². The number of rotatable bonds is 8. The van der Waals surface area contributed by atoms with Gasteiger partial charge in [-0.2, -0.15) is 0 Å². The standard InChI is InChI=1S/C14H30O3Si/c1-7-18(8-2,9-3)17-16-13(4,5)12-14(6)10-11-15-14/h7-12H2,1-6H3. The van der Waals surface area contributed by atoms with Crippen molar-refractivity contribution < 1.29 is 14.2 Å². The Morgan fingerprint density at radius 2 is 1.67 bits per heavy atom. The first-order valence-corrected chi connectivity index (χ1v) is 9.84. The van der Waals surface area contributed by atoms with Crippen molar-refractivity contribution in [1.82, 2.24) is 0 Å². The van der Waals surface area contributed by atoms with E-state index in [0.29, 0.717) is 0 Å². The van der Waals surface area contributed by atoms with Crippen LogP contribution in [0.5, 0.6) is 0 Å². The molecule has 0 spiro atoms. The summed E-state index contributed by atoms with van der Waals surface area (Å²) in [6.07, 6.45) is 2.01. The average Bonchev–Trinajstić information content (AvgIpc) is 2.29. The maximum Gasteiger partial charge on any atom is 0.238 e. The predicted molar refractivity (Wildman–Crippen MR) is 77.0 cm³/mol. The van der Waals surface area contributed by atoms with Crippen molar-refractivity contribution >= 4 is 8.32 Å². The molecule has 1 aliphatic rings. The molecule has 1 fully saturated rings. The Labute approximate surface area is 113 Å². The topological polar surface area (TPSA) is 27.7 Å². The third-order valence-electron chi connectivity index (χ3n) is 4.26. The molecule has 0 aromatic carbocycles. The van der Waals surface area contributed by atoms with Crippen LogP contribution in [-0.4, -0.2) is 26.1 Å². The van der Waals surface area contributed by atoms with Gasteiger partial charge in [0.05, 0.1) is 17.8 Å². The average molecular weight is 274 g/mol. The lowest BCUT2D eigenvalue weighted by Crippen LogP contribution is -2.48. The number of hydrogen-bond donors (Lipinski definition) is 0. The summed E-state index contributed by atoms with van der Waals surface area (Å²) in [6.45, 7) is 13.9. The summed E-state index contributed by atoms with van der Waals surface area (Å²) in [4.78, 5) is 5.82. The molecule has 0 radical (unpaired) electrons. The Morgan fingerprint density at radius 1 is 1.17 bits per heavy atom. The van der Waals surface area contributed by atoms with Crippen molar-refractivity contribution in [3.05, 3.63) is 0 Å². The summed E-state index contributed by atoms with van der Waals surface area (Å²) in [5.41, 5.74) is -0.283. The second-order valence-electron chi connectivity index (χ2n) is 6.40. The van der Waals surface area contributed by atoms with E-state index in [1.54, 1.807) is 0 Å². The smallest absolute Gasteiger partial charge is 0.238 e. The second-order valence-corrected chi connectivity index (χ2v) is 11.0. The van der Waals surface area contributed by atoms with E-state index < -0.39 is 8.32 Å². The highest BCUT2D eigenvalue weighted by Crippen LogP contribution is 2.36. The first-order chi connectivity index (χ1) is 8.30. The molecule has 0 N–H and O–H groups in total. The first kappa shape index (κ1) is 16.2. The molecular formula is C14H30O3Si. The zero-order valence-corrected chi connectivity index (χ0v) is 14.0. The van der Waals surface area contributed by atoms with Gasteiger partial charge in [-0.1, -0.05) is 20.8 Å². The number of ether oxygens (including phenoxy) is 1. The van der Waals surface area contributed by atoms with Crippen molar-refractivity contribution in [2.24, 2.45) is 0 Å². The van der Waals surface area contributed by atoms with E-state index in [-0.39, 0.29) is 11.2 Å². The highest BCUT2D eigenvalue weighted by molar-refractivity contribution is 6.73. The van der Waals surface area contributed by atoms with Crippen LogP contribution in [0.4, 0.5) is 0 Å². The van der Waals surface area contributed by atoms with Gasteiger partial charge in [0.2, 0.25) is 8.32 Å². The quantitative estimate of drug-likeness (QED) is 0.375. The molecule has 0 aromatic heterocycles. The molecule has 1 atom stereocenters. The van der Waals surface area contributed by atoms with Gasteiger partial charge in [-0.15, -0.1) is 0 Å². The third kappa shape index (κ3) is 4.05. The zero-order chi connectivity index (χ0) is 13.9. The Kier molecular flexibility index (Phi) is 5.41. The van der Waals surface area contributed by atoms with Gasteiger partial charge in [-0.3, -0.25) is 4.58 Å². The van der Waals surface area contributed by atoms with Crippen LogP contribution in [0.1, 0.15) is 54.4 Å². The Hall–Kier alpha value is 0.0969. The fourth-order valence-electron chi connectivity index (χ4n) is 2.65. The van der Waals surface area contributed by atoms with Gasteiger partial charge in [-0.05, 0) is 45.3 Å². The van der Waals surface area contributed by atoms with Gasteiger partial charge in [0, 0.05) is 6.42 Å². The molecule has 1 aliphatic heterocycles. The Balaban J connectivity index is 2.49. The molecule has 1 unspecified atom stereocenters. The van der Waals surface area contributed by atoms with Crippen LogP contribution in [0.2, 0.25) is 18.1 Å². The molecule has 0 aromatic rings. The minimum atomic E-state index is -1.66. The van der Waals surface area contributed by atoms with Crippen LogP contribution in [-0.2, 0) is 14.2 Å². The summed E-state index contributed by atoms with van der Waals surface area (Å²) >= 11 is 0. The minimum absolute atomic E-state index is 0.0122. The van der Waals surface area contributed by atoms with Crippen LogP contribution < -0.4 is 0 Å². The van der Waals surface area contributed by atoms with E-state index in [1.807, 2.05) is 0 Å². The fourth-order valence-corrected chi connectivity index (χ4v) is 4.90. The largest absolute Gasteiger partial charge is 0.375 e. The van der Waals surface area contributed by atoms with Crippen LogP contribution in [0.15, 0.2) is 0 Å². The van der Waals surface area contributed by atoms with Crippen molar-refractivity contribution in [3.63, 3.8) is 0 Å². The molecule has 3 nitrogen and oxygen atoms in total. The van der Waals surface area contributed by atoms with E-state index in [9.17, 15) is 0 Å². The Morgan fingerprint density at radius 3 is 2.00 bits per heavy atom. The molecule has 0 amide bonds. The summed E-state index contributed by atoms with van der Waals surface area (Å²) in [5, 5.41) is 0. The highest BCUT2D eigenvalue weighted by Gasteiger charge is 2.41. The van der Waals surface area contributed by atoms with Crippen molar-refractivity contribution in [1.29, 1.82) is 0 Å². The maximum atomic E-state index is 5.94. The van der Waals surface area contributed by atoms with E-state index in [4.69, 9.17) is 14.2 Å². The summed E-state index contributed by atoms with van der Waals surface area (Å²) in [5.74, 6) is 0. The molecule has 18 heavy (non-hydrogen) atoms. The van der Waals surface area contributed by atoms with E-state index >= 15 is 0 Å². The van der Waals surface area contributed by atoms with Gasteiger partial charge < -0.3 is 4.74 Å². The van der Waals surface area contributed by atoms with E-state index in [1.165, 1.54) is 0 Å². The lowest BCUT2D eigenvalue weighted by Gasteiger charge is -2.44.